The monoisotopic (exact) mass is 469 g/mol. The van der Waals surface area contributed by atoms with Crippen molar-refractivity contribution in [2.24, 2.45) is 5.10 Å². The van der Waals surface area contributed by atoms with Gasteiger partial charge in [-0.3, -0.25) is 10.1 Å². The molecule has 2 amide bonds. The Morgan fingerprint density at radius 3 is 2.58 bits per heavy atom. The zero-order valence-electron chi connectivity index (χ0n) is 18.7. The number of thioether (sulfide) groups is 1. The molecule has 2 aromatic rings. The van der Waals surface area contributed by atoms with Crippen LogP contribution in [0.5, 0.6) is 11.5 Å². The highest BCUT2D eigenvalue weighted by Gasteiger charge is 2.24. The normalized spacial score (nSPS) is 16.4. The van der Waals surface area contributed by atoms with Gasteiger partial charge in [-0.1, -0.05) is 23.9 Å². The van der Waals surface area contributed by atoms with Gasteiger partial charge in [-0.15, -0.1) is 0 Å². The predicted octanol–water partition coefficient (Wildman–Crippen LogP) is 5.27. The molecule has 174 valence electrons. The molecule has 0 saturated heterocycles. The average Bonchev–Trinajstić information content (AvgIpc) is 3.34. The maximum absolute atomic E-state index is 12.5. The van der Waals surface area contributed by atoms with Crippen LogP contribution in [0, 0.1) is 0 Å². The van der Waals surface area contributed by atoms with Crippen molar-refractivity contribution in [3.8, 4) is 11.5 Å². The molecule has 4 rings (SSSR count). The number of methoxy groups -OCH3 is 2. The summed E-state index contributed by atoms with van der Waals surface area (Å²) in [6.45, 7) is 0.329. The molecule has 0 atom stereocenters. The van der Waals surface area contributed by atoms with Crippen molar-refractivity contribution in [3.63, 3.8) is 0 Å². The lowest BCUT2D eigenvalue weighted by Crippen LogP contribution is -2.29. The number of carbonyl (C=O) groups is 2. The molecule has 2 aromatic carbocycles. The summed E-state index contributed by atoms with van der Waals surface area (Å²) in [4.78, 5) is 23.8. The van der Waals surface area contributed by atoms with Crippen LogP contribution < -0.4 is 14.8 Å². The van der Waals surface area contributed by atoms with E-state index in [-0.39, 0.29) is 11.3 Å². The SMILES string of the molecule is COC(=O)Nc1ccc(CN2N=C(c3ccc(OC)c(OC4CCCC4)c3)CSC2=O)cc1. The van der Waals surface area contributed by atoms with Gasteiger partial charge in [0.25, 0.3) is 0 Å². The largest absolute Gasteiger partial charge is 0.493 e. The van der Waals surface area contributed by atoms with E-state index in [2.05, 4.69) is 15.2 Å². The minimum Gasteiger partial charge on any atom is -0.493 e. The summed E-state index contributed by atoms with van der Waals surface area (Å²) in [6, 6.07) is 13.0. The summed E-state index contributed by atoms with van der Waals surface area (Å²) in [7, 11) is 2.95. The summed E-state index contributed by atoms with van der Waals surface area (Å²) < 4.78 is 16.3. The van der Waals surface area contributed by atoms with Crippen molar-refractivity contribution in [1.29, 1.82) is 0 Å². The van der Waals surface area contributed by atoms with Crippen molar-refractivity contribution in [2.45, 2.75) is 38.3 Å². The second kappa shape index (κ2) is 10.6. The standard InChI is InChI=1S/C24H27N3O5S/c1-30-21-12-9-17(13-22(21)32-19-5-3-4-6-19)20-15-33-24(29)27(26-20)14-16-7-10-18(11-8-16)25-23(28)31-2/h7-13,19H,3-6,14-15H2,1-2H3,(H,25,28). The molecule has 0 aromatic heterocycles. The van der Waals surface area contributed by atoms with Gasteiger partial charge in [0, 0.05) is 17.0 Å². The second-order valence-corrected chi connectivity index (χ2v) is 8.79. The van der Waals surface area contributed by atoms with Crippen LogP contribution in [0.1, 0.15) is 36.8 Å². The maximum Gasteiger partial charge on any atom is 0.411 e. The number of ether oxygens (including phenoxy) is 3. The number of hydrazone groups is 1. The van der Waals surface area contributed by atoms with Crippen LogP contribution in [-0.2, 0) is 11.3 Å². The van der Waals surface area contributed by atoms with Crippen LogP contribution in [0.4, 0.5) is 15.3 Å². The summed E-state index contributed by atoms with van der Waals surface area (Å²) in [5, 5.41) is 8.60. The average molecular weight is 470 g/mol. The molecule has 2 aliphatic rings. The van der Waals surface area contributed by atoms with Crippen molar-refractivity contribution in [2.75, 3.05) is 25.3 Å². The zero-order chi connectivity index (χ0) is 23.2. The Balaban J connectivity index is 1.50. The highest BCUT2D eigenvalue weighted by atomic mass is 32.2. The van der Waals surface area contributed by atoms with Gasteiger partial charge >= 0.3 is 11.3 Å². The van der Waals surface area contributed by atoms with Gasteiger partial charge in [-0.05, 0) is 61.6 Å². The Morgan fingerprint density at radius 1 is 1.12 bits per heavy atom. The van der Waals surface area contributed by atoms with E-state index in [0.717, 1.165) is 29.7 Å². The summed E-state index contributed by atoms with van der Waals surface area (Å²) >= 11 is 1.22. The molecular formula is C24H27N3O5S. The lowest BCUT2D eigenvalue weighted by Gasteiger charge is -2.24. The van der Waals surface area contributed by atoms with Crippen molar-refractivity contribution >= 4 is 34.5 Å². The third kappa shape index (κ3) is 5.78. The third-order valence-electron chi connectivity index (χ3n) is 5.60. The first kappa shape index (κ1) is 23.0. The lowest BCUT2D eigenvalue weighted by molar-refractivity contribution is 0.187. The van der Waals surface area contributed by atoms with E-state index in [9.17, 15) is 9.59 Å². The number of benzene rings is 2. The first-order valence-electron chi connectivity index (χ1n) is 10.9. The highest BCUT2D eigenvalue weighted by Crippen LogP contribution is 2.33. The molecule has 0 radical (unpaired) electrons. The lowest BCUT2D eigenvalue weighted by atomic mass is 10.1. The molecule has 9 heteroatoms. The Hall–Kier alpha value is -3.20. The topological polar surface area (TPSA) is 89.5 Å². The quantitative estimate of drug-likeness (QED) is 0.594. The van der Waals surface area contributed by atoms with Crippen molar-refractivity contribution in [3.05, 3.63) is 53.6 Å². The van der Waals surface area contributed by atoms with Crippen molar-refractivity contribution in [1.82, 2.24) is 5.01 Å². The predicted molar refractivity (Wildman–Crippen MR) is 128 cm³/mol. The fourth-order valence-electron chi connectivity index (χ4n) is 3.83. The van der Waals surface area contributed by atoms with E-state index >= 15 is 0 Å². The molecule has 1 saturated carbocycles. The number of rotatable bonds is 7. The molecule has 8 nitrogen and oxygen atoms in total. The second-order valence-electron chi connectivity index (χ2n) is 7.86. The summed E-state index contributed by atoms with van der Waals surface area (Å²) in [6.07, 6.45) is 4.17. The molecule has 33 heavy (non-hydrogen) atoms. The van der Waals surface area contributed by atoms with E-state index < -0.39 is 6.09 Å². The van der Waals surface area contributed by atoms with Crippen LogP contribution in [0.3, 0.4) is 0 Å². The van der Waals surface area contributed by atoms with Gasteiger partial charge in [0.1, 0.15) is 0 Å². The first-order valence-corrected chi connectivity index (χ1v) is 11.8. The fraction of sp³-hybridized carbons (Fsp3) is 0.375. The van der Waals surface area contributed by atoms with Gasteiger partial charge in [0.05, 0.1) is 32.6 Å². The van der Waals surface area contributed by atoms with E-state index in [4.69, 9.17) is 9.47 Å². The molecule has 1 aliphatic heterocycles. The minimum atomic E-state index is -0.532. The number of nitrogens with one attached hydrogen (secondary N) is 1. The number of carbonyl (C=O) groups excluding carboxylic acids is 2. The Morgan fingerprint density at radius 2 is 1.88 bits per heavy atom. The summed E-state index contributed by atoms with van der Waals surface area (Å²) in [5.74, 6) is 1.90. The van der Waals surface area contributed by atoms with E-state index in [1.54, 1.807) is 19.2 Å². The minimum absolute atomic E-state index is 0.105. The molecule has 0 bridgehead atoms. The van der Waals surface area contributed by atoms with Crippen LogP contribution in [0.2, 0.25) is 0 Å². The Bertz CT molecular complexity index is 1030. The van der Waals surface area contributed by atoms with Crippen molar-refractivity contribution < 1.29 is 23.8 Å². The van der Waals surface area contributed by atoms with E-state index in [0.29, 0.717) is 29.5 Å². The molecule has 1 aliphatic carbocycles. The number of anilines is 1. The molecule has 0 spiro atoms. The molecule has 1 N–H and O–H groups in total. The van der Waals surface area contributed by atoms with Gasteiger partial charge in [0.15, 0.2) is 11.5 Å². The number of nitrogens with zero attached hydrogens (tertiary/aromatic N) is 2. The van der Waals surface area contributed by atoms with Crippen LogP contribution in [-0.4, -0.2) is 48.1 Å². The van der Waals surface area contributed by atoms with Crippen LogP contribution in [0.25, 0.3) is 0 Å². The van der Waals surface area contributed by atoms with E-state index in [1.165, 1.54) is 36.7 Å². The first-order chi connectivity index (χ1) is 16.1. The van der Waals surface area contributed by atoms with Gasteiger partial charge in [0.2, 0.25) is 0 Å². The van der Waals surface area contributed by atoms with Crippen LogP contribution >= 0.6 is 11.8 Å². The molecule has 1 fully saturated rings. The van der Waals surface area contributed by atoms with E-state index in [1.807, 2.05) is 30.3 Å². The number of hydrogen-bond acceptors (Lipinski definition) is 7. The van der Waals surface area contributed by atoms with Gasteiger partial charge in [-0.2, -0.15) is 5.10 Å². The number of hydrogen-bond donors (Lipinski definition) is 1. The molecule has 1 heterocycles. The molecular weight excluding hydrogens is 442 g/mol. The Kier molecular flexibility index (Phi) is 7.39. The fourth-order valence-corrected chi connectivity index (χ4v) is 4.57. The summed E-state index contributed by atoms with van der Waals surface area (Å²) in [5.41, 5.74) is 3.22. The Labute approximate surface area is 197 Å². The maximum atomic E-state index is 12.5. The third-order valence-corrected chi connectivity index (χ3v) is 6.47. The smallest absolute Gasteiger partial charge is 0.411 e. The van der Waals surface area contributed by atoms with Crippen LogP contribution in [0.15, 0.2) is 47.6 Å². The highest BCUT2D eigenvalue weighted by molar-refractivity contribution is 8.14. The van der Waals surface area contributed by atoms with Gasteiger partial charge in [-0.25, -0.2) is 9.80 Å². The van der Waals surface area contributed by atoms with Gasteiger partial charge < -0.3 is 14.2 Å². The zero-order valence-corrected chi connectivity index (χ0v) is 19.5. The molecule has 0 unspecified atom stereocenters. The number of amides is 2.